The van der Waals surface area contributed by atoms with Gasteiger partial charge < -0.3 is 9.73 Å². The monoisotopic (exact) mass is 327 g/mol. The summed E-state index contributed by atoms with van der Waals surface area (Å²) >= 11 is 0. The van der Waals surface area contributed by atoms with Crippen molar-refractivity contribution in [3.05, 3.63) is 89.3 Å². The van der Waals surface area contributed by atoms with Gasteiger partial charge in [0, 0.05) is 29.2 Å². The van der Waals surface area contributed by atoms with Crippen LogP contribution in [0.3, 0.4) is 0 Å². The summed E-state index contributed by atoms with van der Waals surface area (Å²) in [7, 11) is 1.81. The molecule has 0 saturated carbocycles. The van der Waals surface area contributed by atoms with Crippen molar-refractivity contribution in [2.45, 2.75) is 0 Å². The minimum absolute atomic E-state index is 0.335. The number of rotatable bonds is 3. The van der Waals surface area contributed by atoms with E-state index in [4.69, 9.17) is 4.42 Å². The fourth-order valence-electron chi connectivity index (χ4n) is 3.19. The van der Waals surface area contributed by atoms with Crippen molar-refractivity contribution in [1.82, 2.24) is 0 Å². The fraction of sp³-hybridized carbons (Fsp3) is 0.0455. The second-order valence-corrected chi connectivity index (χ2v) is 5.80. The van der Waals surface area contributed by atoms with E-state index in [0.717, 1.165) is 27.8 Å². The molecule has 0 aliphatic rings. The largest absolute Gasteiger partial charge is 0.422 e. The first-order valence-corrected chi connectivity index (χ1v) is 8.18. The number of anilines is 1. The molecule has 1 aromatic heterocycles. The van der Waals surface area contributed by atoms with Crippen molar-refractivity contribution >= 4 is 16.5 Å². The zero-order valence-electron chi connectivity index (χ0n) is 13.8. The minimum atomic E-state index is -0.335. The number of benzene rings is 3. The average molecular weight is 327 g/mol. The van der Waals surface area contributed by atoms with Crippen LogP contribution in [-0.2, 0) is 0 Å². The van der Waals surface area contributed by atoms with Crippen LogP contribution >= 0.6 is 0 Å². The molecule has 1 heterocycles. The molecule has 0 fully saturated rings. The van der Waals surface area contributed by atoms with Gasteiger partial charge >= 0.3 is 5.63 Å². The summed E-state index contributed by atoms with van der Waals surface area (Å²) in [6.45, 7) is 0. The Morgan fingerprint density at radius 1 is 0.760 bits per heavy atom. The van der Waals surface area contributed by atoms with Crippen LogP contribution in [0.1, 0.15) is 0 Å². The van der Waals surface area contributed by atoms with Crippen LogP contribution in [-0.4, -0.2) is 7.05 Å². The Morgan fingerprint density at radius 2 is 1.40 bits per heavy atom. The smallest absolute Gasteiger partial charge is 0.346 e. The van der Waals surface area contributed by atoms with Crippen molar-refractivity contribution in [1.29, 1.82) is 0 Å². The van der Waals surface area contributed by atoms with Gasteiger partial charge in [-0.1, -0.05) is 72.8 Å². The van der Waals surface area contributed by atoms with Gasteiger partial charge in [0.15, 0.2) is 0 Å². The van der Waals surface area contributed by atoms with E-state index >= 15 is 0 Å². The summed E-state index contributed by atoms with van der Waals surface area (Å²) in [4.78, 5) is 12.7. The first-order valence-electron chi connectivity index (χ1n) is 8.18. The van der Waals surface area contributed by atoms with Gasteiger partial charge in [-0.15, -0.1) is 0 Å². The highest BCUT2D eigenvalue weighted by Gasteiger charge is 2.18. The molecule has 0 aliphatic heterocycles. The highest BCUT2D eigenvalue weighted by Crippen LogP contribution is 2.38. The predicted octanol–water partition coefficient (Wildman–Crippen LogP) is 5.17. The standard InChI is InChI=1S/C22H17NO2/c1-23-18-14-8-13-17-19(15-9-4-2-5-10-15)21(25-22(24)20(17)18)16-11-6-3-7-12-16/h2-14,23H,1H3. The third-order valence-corrected chi connectivity index (χ3v) is 4.33. The van der Waals surface area contributed by atoms with E-state index < -0.39 is 0 Å². The van der Waals surface area contributed by atoms with Gasteiger partial charge in [-0.2, -0.15) is 0 Å². The summed E-state index contributed by atoms with van der Waals surface area (Å²) in [5.41, 5.74) is 3.26. The maximum Gasteiger partial charge on any atom is 0.346 e. The lowest BCUT2D eigenvalue weighted by Gasteiger charge is -2.14. The third kappa shape index (κ3) is 2.60. The first kappa shape index (κ1) is 15.2. The van der Waals surface area contributed by atoms with E-state index in [1.54, 1.807) is 0 Å². The molecule has 0 aliphatic carbocycles. The lowest BCUT2D eigenvalue weighted by atomic mass is 9.95. The van der Waals surface area contributed by atoms with Crippen LogP contribution in [0.4, 0.5) is 5.69 Å². The summed E-state index contributed by atoms with van der Waals surface area (Å²) in [6.07, 6.45) is 0. The quantitative estimate of drug-likeness (QED) is 0.564. The lowest BCUT2D eigenvalue weighted by molar-refractivity contribution is 0.536. The minimum Gasteiger partial charge on any atom is -0.422 e. The molecule has 0 spiro atoms. The topological polar surface area (TPSA) is 42.2 Å². The highest BCUT2D eigenvalue weighted by molar-refractivity contribution is 6.05. The lowest BCUT2D eigenvalue weighted by Crippen LogP contribution is -2.06. The van der Waals surface area contributed by atoms with Gasteiger partial charge in [0.25, 0.3) is 0 Å². The summed E-state index contributed by atoms with van der Waals surface area (Å²) in [5.74, 6) is 0.595. The van der Waals surface area contributed by atoms with Gasteiger partial charge in [0.1, 0.15) is 5.76 Å². The Morgan fingerprint density at radius 3 is 2.04 bits per heavy atom. The van der Waals surface area contributed by atoms with Gasteiger partial charge in [-0.05, 0) is 11.6 Å². The summed E-state index contributed by atoms with van der Waals surface area (Å²) in [5, 5.41) is 4.54. The molecule has 0 saturated heterocycles. The number of fused-ring (bicyclic) bond motifs is 1. The fourth-order valence-corrected chi connectivity index (χ4v) is 3.19. The molecule has 1 N–H and O–H groups in total. The molecule has 0 atom stereocenters. The van der Waals surface area contributed by atoms with E-state index in [1.165, 1.54) is 0 Å². The molecule has 3 nitrogen and oxygen atoms in total. The maximum absolute atomic E-state index is 12.7. The van der Waals surface area contributed by atoms with Crippen LogP contribution in [0.15, 0.2) is 88.1 Å². The van der Waals surface area contributed by atoms with Gasteiger partial charge in [0.2, 0.25) is 0 Å². The molecule has 122 valence electrons. The van der Waals surface area contributed by atoms with Gasteiger partial charge in [-0.3, -0.25) is 0 Å². The molecule has 0 radical (unpaired) electrons. The summed E-state index contributed by atoms with van der Waals surface area (Å²) in [6, 6.07) is 25.6. The molecule has 3 aromatic carbocycles. The molecule has 0 amide bonds. The number of nitrogens with one attached hydrogen (secondary N) is 1. The van der Waals surface area contributed by atoms with Crippen LogP contribution < -0.4 is 10.9 Å². The molecule has 25 heavy (non-hydrogen) atoms. The zero-order chi connectivity index (χ0) is 17.2. The second kappa shape index (κ2) is 6.29. The SMILES string of the molecule is CNc1cccc2c(-c3ccccc3)c(-c3ccccc3)oc(=O)c12. The first-order chi connectivity index (χ1) is 12.3. The third-order valence-electron chi connectivity index (χ3n) is 4.33. The second-order valence-electron chi connectivity index (χ2n) is 5.80. The Kier molecular flexibility index (Phi) is 3.82. The van der Waals surface area contributed by atoms with Gasteiger partial charge in [0.05, 0.1) is 5.39 Å². The molecule has 4 rings (SSSR count). The number of hydrogen-bond acceptors (Lipinski definition) is 3. The normalized spacial score (nSPS) is 10.8. The van der Waals surface area contributed by atoms with Crippen molar-refractivity contribution in [2.24, 2.45) is 0 Å². The summed E-state index contributed by atoms with van der Waals surface area (Å²) < 4.78 is 5.81. The maximum atomic E-state index is 12.7. The van der Waals surface area contributed by atoms with E-state index in [0.29, 0.717) is 11.1 Å². The van der Waals surface area contributed by atoms with Crippen molar-refractivity contribution in [2.75, 3.05) is 12.4 Å². The van der Waals surface area contributed by atoms with Crippen LogP contribution in [0.2, 0.25) is 0 Å². The molecular weight excluding hydrogens is 310 g/mol. The highest BCUT2D eigenvalue weighted by atomic mass is 16.4. The van der Waals surface area contributed by atoms with Crippen molar-refractivity contribution < 1.29 is 4.42 Å². The number of hydrogen-bond donors (Lipinski definition) is 1. The van der Waals surface area contributed by atoms with Crippen LogP contribution in [0.5, 0.6) is 0 Å². The average Bonchev–Trinajstić information content (AvgIpc) is 2.68. The van der Waals surface area contributed by atoms with E-state index in [9.17, 15) is 4.79 Å². The Bertz CT molecular complexity index is 1080. The van der Waals surface area contributed by atoms with Crippen LogP contribution in [0.25, 0.3) is 33.2 Å². The Hall–Kier alpha value is -3.33. The molecular formula is C22H17NO2. The van der Waals surface area contributed by atoms with E-state index in [-0.39, 0.29) is 5.63 Å². The Balaban J connectivity index is 2.18. The van der Waals surface area contributed by atoms with Crippen molar-refractivity contribution in [3.8, 4) is 22.5 Å². The Labute approximate surface area is 145 Å². The molecule has 3 heteroatoms. The van der Waals surface area contributed by atoms with Gasteiger partial charge in [-0.25, -0.2) is 4.79 Å². The molecule has 0 bridgehead atoms. The van der Waals surface area contributed by atoms with Crippen LogP contribution in [0, 0.1) is 0 Å². The van der Waals surface area contributed by atoms with E-state index in [2.05, 4.69) is 5.32 Å². The molecule has 4 aromatic rings. The zero-order valence-corrected chi connectivity index (χ0v) is 13.8. The van der Waals surface area contributed by atoms with E-state index in [1.807, 2.05) is 85.9 Å². The predicted molar refractivity (Wildman–Crippen MR) is 103 cm³/mol. The molecule has 0 unspecified atom stereocenters. The van der Waals surface area contributed by atoms with Crippen molar-refractivity contribution in [3.63, 3.8) is 0 Å².